The van der Waals surface area contributed by atoms with Crippen molar-refractivity contribution in [2.45, 2.75) is 13.0 Å². The lowest BCUT2D eigenvalue weighted by atomic mass is 10.2. The van der Waals surface area contributed by atoms with E-state index in [4.69, 9.17) is 14.6 Å². The van der Waals surface area contributed by atoms with Crippen LogP contribution in [0.25, 0.3) is 0 Å². The molecule has 1 atom stereocenters. The number of aliphatic hydroxyl groups excluding tert-OH is 1. The van der Waals surface area contributed by atoms with E-state index >= 15 is 0 Å². The lowest BCUT2D eigenvalue weighted by Crippen LogP contribution is -2.28. The summed E-state index contributed by atoms with van der Waals surface area (Å²) in [6.45, 7) is 4.62. The maximum absolute atomic E-state index is 11.2. The predicted molar refractivity (Wildman–Crippen MR) is 69.1 cm³/mol. The molecule has 0 aliphatic carbocycles. The Balaban J connectivity index is 2.53. The number of carbonyl (C=O) groups is 2. The number of ether oxygens (including phenoxy) is 2. The van der Waals surface area contributed by atoms with Crippen molar-refractivity contribution in [2.75, 3.05) is 13.2 Å². The summed E-state index contributed by atoms with van der Waals surface area (Å²) < 4.78 is 10.3. The summed E-state index contributed by atoms with van der Waals surface area (Å²) in [5, 5.41) is 9.14. The van der Waals surface area contributed by atoms with Crippen molar-refractivity contribution in [2.24, 2.45) is 0 Å². The number of carbonyl (C=O) groups excluding carboxylic acids is 2. The molecule has 5 nitrogen and oxygen atoms in total. The van der Waals surface area contributed by atoms with Crippen molar-refractivity contribution < 1.29 is 24.2 Å². The fraction of sp³-hybridized carbons (Fsp3) is 0.286. The van der Waals surface area contributed by atoms with Crippen LogP contribution in [0, 0.1) is 0 Å². The Bertz CT molecular complexity index is 449. The molecular weight excluding hydrogens is 248 g/mol. The minimum Gasteiger partial charge on any atom is -0.484 e. The van der Waals surface area contributed by atoms with E-state index in [1.54, 1.807) is 24.3 Å². The van der Waals surface area contributed by atoms with E-state index in [-0.39, 0.29) is 18.8 Å². The normalized spacial score (nSPS) is 11.5. The molecule has 0 heterocycles. The Labute approximate surface area is 111 Å². The van der Waals surface area contributed by atoms with Crippen LogP contribution in [0.2, 0.25) is 0 Å². The third kappa shape index (κ3) is 4.93. The first kappa shape index (κ1) is 14.9. The smallest absolute Gasteiger partial charge is 0.333 e. The summed E-state index contributed by atoms with van der Waals surface area (Å²) in [7, 11) is 0. The highest BCUT2D eigenvalue weighted by Gasteiger charge is 2.13. The second-order valence-corrected chi connectivity index (χ2v) is 3.99. The highest BCUT2D eigenvalue weighted by Crippen LogP contribution is 2.13. The van der Waals surface area contributed by atoms with Crippen LogP contribution in [-0.2, 0) is 9.53 Å². The van der Waals surface area contributed by atoms with Gasteiger partial charge in [0.05, 0.1) is 6.61 Å². The highest BCUT2D eigenvalue weighted by molar-refractivity contribution is 5.86. The minimum atomic E-state index is -0.662. The van der Waals surface area contributed by atoms with E-state index in [1.165, 1.54) is 6.92 Å². The number of rotatable bonds is 7. The molecule has 0 aliphatic rings. The largest absolute Gasteiger partial charge is 0.484 e. The Morgan fingerprint density at radius 2 is 2.05 bits per heavy atom. The van der Waals surface area contributed by atoms with Gasteiger partial charge in [0, 0.05) is 11.1 Å². The topological polar surface area (TPSA) is 72.8 Å². The second kappa shape index (κ2) is 7.33. The van der Waals surface area contributed by atoms with Crippen LogP contribution in [-0.4, -0.2) is 36.7 Å². The molecule has 0 radical (unpaired) electrons. The molecule has 102 valence electrons. The molecule has 0 aliphatic heterocycles. The van der Waals surface area contributed by atoms with Crippen LogP contribution in [0.3, 0.4) is 0 Å². The SMILES string of the molecule is C=C(C)C(=O)OCC(CO)Oc1ccc(C=O)cc1. The van der Waals surface area contributed by atoms with Gasteiger partial charge >= 0.3 is 5.97 Å². The Morgan fingerprint density at radius 1 is 1.42 bits per heavy atom. The lowest BCUT2D eigenvalue weighted by molar-refractivity contribution is -0.141. The molecule has 0 fully saturated rings. The van der Waals surface area contributed by atoms with Crippen molar-refractivity contribution in [3.63, 3.8) is 0 Å². The standard InChI is InChI=1S/C14H16O5/c1-10(2)14(17)18-9-13(8-16)19-12-5-3-11(7-15)4-6-12/h3-7,13,16H,1,8-9H2,2H3. The van der Waals surface area contributed by atoms with Crippen molar-refractivity contribution in [1.29, 1.82) is 0 Å². The van der Waals surface area contributed by atoms with Gasteiger partial charge in [0.2, 0.25) is 0 Å². The number of aliphatic hydroxyl groups is 1. The lowest BCUT2D eigenvalue weighted by Gasteiger charge is -2.17. The van der Waals surface area contributed by atoms with Gasteiger partial charge in [-0.1, -0.05) is 6.58 Å². The van der Waals surface area contributed by atoms with Crippen LogP contribution in [0.15, 0.2) is 36.4 Å². The highest BCUT2D eigenvalue weighted by atomic mass is 16.6. The zero-order valence-electron chi connectivity index (χ0n) is 10.7. The third-order valence-electron chi connectivity index (χ3n) is 2.27. The Kier molecular flexibility index (Phi) is 5.75. The molecule has 0 amide bonds. The van der Waals surface area contributed by atoms with E-state index in [1.807, 2.05) is 0 Å². The summed E-state index contributed by atoms with van der Waals surface area (Å²) in [6.07, 6.45) is 0.0625. The fourth-order valence-corrected chi connectivity index (χ4v) is 1.23. The molecule has 1 unspecified atom stereocenters. The van der Waals surface area contributed by atoms with Gasteiger partial charge in [0.15, 0.2) is 6.10 Å². The number of benzene rings is 1. The van der Waals surface area contributed by atoms with E-state index in [0.29, 0.717) is 11.3 Å². The van der Waals surface area contributed by atoms with E-state index in [0.717, 1.165) is 6.29 Å². The second-order valence-electron chi connectivity index (χ2n) is 3.99. The van der Waals surface area contributed by atoms with Crippen molar-refractivity contribution in [3.8, 4) is 5.75 Å². The van der Waals surface area contributed by atoms with Gasteiger partial charge in [-0.2, -0.15) is 0 Å². The van der Waals surface area contributed by atoms with Crippen molar-refractivity contribution in [1.82, 2.24) is 0 Å². The first-order valence-electron chi connectivity index (χ1n) is 5.72. The molecule has 0 bridgehead atoms. The monoisotopic (exact) mass is 264 g/mol. The zero-order valence-corrected chi connectivity index (χ0v) is 10.7. The third-order valence-corrected chi connectivity index (χ3v) is 2.27. The van der Waals surface area contributed by atoms with Crippen LogP contribution < -0.4 is 4.74 Å². The zero-order chi connectivity index (χ0) is 14.3. The molecule has 0 saturated heterocycles. The number of aldehydes is 1. The summed E-state index contributed by atoms with van der Waals surface area (Å²) in [5.74, 6) is -0.0469. The van der Waals surface area contributed by atoms with E-state index in [9.17, 15) is 9.59 Å². The quantitative estimate of drug-likeness (QED) is 0.457. The molecule has 1 aromatic rings. The van der Waals surface area contributed by atoms with Crippen molar-refractivity contribution in [3.05, 3.63) is 42.0 Å². The van der Waals surface area contributed by atoms with Crippen LogP contribution >= 0.6 is 0 Å². The first-order valence-corrected chi connectivity index (χ1v) is 5.72. The molecule has 1 aromatic carbocycles. The number of hydrogen-bond acceptors (Lipinski definition) is 5. The maximum Gasteiger partial charge on any atom is 0.333 e. The summed E-state index contributed by atoms with van der Waals surface area (Å²) in [4.78, 5) is 21.7. The molecule has 5 heteroatoms. The van der Waals surface area contributed by atoms with Crippen LogP contribution in [0.1, 0.15) is 17.3 Å². The number of hydrogen-bond donors (Lipinski definition) is 1. The molecule has 1 N–H and O–H groups in total. The van der Waals surface area contributed by atoms with Crippen molar-refractivity contribution >= 4 is 12.3 Å². The van der Waals surface area contributed by atoms with Gasteiger partial charge in [0.1, 0.15) is 18.6 Å². The van der Waals surface area contributed by atoms with Gasteiger partial charge < -0.3 is 14.6 Å². The average Bonchev–Trinajstić information content (AvgIpc) is 2.43. The molecule has 0 aromatic heterocycles. The Morgan fingerprint density at radius 3 is 2.53 bits per heavy atom. The number of esters is 1. The molecular formula is C14H16O5. The van der Waals surface area contributed by atoms with E-state index < -0.39 is 12.1 Å². The average molecular weight is 264 g/mol. The summed E-state index contributed by atoms with van der Waals surface area (Å²) in [6, 6.07) is 6.40. The summed E-state index contributed by atoms with van der Waals surface area (Å²) >= 11 is 0. The first-order chi connectivity index (χ1) is 9.06. The van der Waals surface area contributed by atoms with Crippen LogP contribution in [0.5, 0.6) is 5.75 Å². The predicted octanol–water partition coefficient (Wildman–Crippen LogP) is 1.36. The molecule has 0 spiro atoms. The molecule has 19 heavy (non-hydrogen) atoms. The van der Waals surface area contributed by atoms with Gasteiger partial charge in [-0.3, -0.25) is 4.79 Å². The maximum atomic E-state index is 11.2. The van der Waals surface area contributed by atoms with Gasteiger partial charge in [-0.15, -0.1) is 0 Å². The molecule has 0 saturated carbocycles. The van der Waals surface area contributed by atoms with Gasteiger partial charge in [-0.25, -0.2) is 4.79 Å². The van der Waals surface area contributed by atoms with Gasteiger partial charge in [-0.05, 0) is 31.2 Å². The van der Waals surface area contributed by atoms with Crippen LogP contribution in [0.4, 0.5) is 0 Å². The molecule has 1 rings (SSSR count). The fourth-order valence-electron chi connectivity index (χ4n) is 1.23. The Hall–Kier alpha value is -2.14. The summed E-state index contributed by atoms with van der Waals surface area (Å²) in [5.41, 5.74) is 0.814. The van der Waals surface area contributed by atoms with E-state index in [2.05, 4.69) is 6.58 Å². The van der Waals surface area contributed by atoms with Gasteiger partial charge in [0.25, 0.3) is 0 Å². The minimum absolute atomic E-state index is 0.0718.